The Hall–Kier alpha value is -0.120. The molecule has 2 unspecified atom stereocenters. The van der Waals surface area contributed by atoms with Crippen LogP contribution in [0.25, 0.3) is 0 Å². The third-order valence-corrected chi connectivity index (χ3v) is 1.58. The Kier molecular flexibility index (Phi) is 0.730. The Labute approximate surface area is 47.2 Å². The number of hydrogen-bond donors (Lipinski definition) is 1. The molecule has 0 aromatic rings. The van der Waals surface area contributed by atoms with E-state index in [-0.39, 0.29) is 6.10 Å². The van der Waals surface area contributed by atoms with Crippen LogP contribution in [0.2, 0.25) is 0 Å². The van der Waals surface area contributed by atoms with Gasteiger partial charge in [0.15, 0.2) is 0 Å². The second-order valence-corrected chi connectivity index (χ2v) is 2.23. The van der Waals surface area contributed by atoms with Gasteiger partial charge in [-0.05, 0) is 12.8 Å². The van der Waals surface area contributed by atoms with Crippen molar-refractivity contribution in [3.05, 3.63) is 0 Å². The van der Waals surface area contributed by atoms with Crippen LogP contribution in [0, 0.1) is 0 Å². The monoisotopic (exact) mass is 116 g/mol. The van der Waals surface area contributed by atoms with E-state index in [4.69, 9.17) is 14.6 Å². The van der Waals surface area contributed by atoms with Crippen molar-refractivity contribution in [1.82, 2.24) is 0 Å². The molecular formula is C5H8O3. The zero-order chi connectivity index (χ0) is 5.61. The van der Waals surface area contributed by atoms with E-state index in [1.165, 1.54) is 0 Å². The van der Waals surface area contributed by atoms with E-state index < -0.39 is 5.97 Å². The zero-order valence-corrected chi connectivity index (χ0v) is 4.46. The molecule has 2 aliphatic heterocycles. The average molecular weight is 116 g/mol. The molecule has 0 radical (unpaired) electrons. The fourth-order valence-corrected chi connectivity index (χ4v) is 1.03. The van der Waals surface area contributed by atoms with Crippen molar-refractivity contribution in [3.8, 4) is 0 Å². The summed E-state index contributed by atoms with van der Waals surface area (Å²) < 4.78 is 9.67. The molecule has 2 aliphatic rings. The molecule has 0 aromatic carbocycles. The first-order valence-electron chi connectivity index (χ1n) is 2.85. The molecule has 2 fully saturated rings. The van der Waals surface area contributed by atoms with Crippen LogP contribution in [-0.4, -0.2) is 23.8 Å². The molecule has 0 bridgehead atoms. The summed E-state index contributed by atoms with van der Waals surface area (Å²) >= 11 is 0. The van der Waals surface area contributed by atoms with Gasteiger partial charge in [-0.1, -0.05) is 0 Å². The quantitative estimate of drug-likeness (QED) is 0.447. The predicted molar refractivity (Wildman–Crippen MR) is 25.0 cm³/mol. The maximum atomic E-state index is 9.00. The molecular weight excluding hydrogens is 108 g/mol. The molecule has 2 heterocycles. The Morgan fingerprint density at radius 1 is 1.62 bits per heavy atom. The largest absolute Gasteiger partial charge is 0.341 e. The van der Waals surface area contributed by atoms with Gasteiger partial charge >= 0.3 is 5.97 Å². The van der Waals surface area contributed by atoms with Gasteiger partial charge in [0.2, 0.25) is 0 Å². The number of rotatable bonds is 0. The van der Waals surface area contributed by atoms with Gasteiger partial charge in [-0.15, -0.1) is 0 Å². The number of fused-ring (bicyclic) bond motifs is 1. The van der Waals surface area contributed by atoms with E-state index in [2.05, 4.69) is 0 Å². The van der Waals surface area contributed by atoms with Crippen LogP contribution in [-0.2, 0) is 9.47 Å². The highest BCUT2D eigenvalue weighted by Gasteiger charge is 2.58. The summed E-state index contributed by atoms with van der Waals surface area (Å²) in [6, 6.07) is 0. The van der Waals surface area contributed by atoms with Crippen LogP contribution in [0.15, 0.2) is 0 Å². The Bertz CT molecular complexity index is 112. The lowest BCUT2D eigenvalue weighted by Gasteiger charge is -2.10. The number of hydrogen-bond acceptors (Lipinski definition) is 3. The van der Waals surface area contributed by atoms with Gasteiger partial charge in [0, 0.05) is 0 Å². The minimum absolute atomic E-state index is 0.0174. The normalized spacial score (nSPS) is 52.9. The highest BCUT2D eigenvalue weighted by Crippen LogP contribution is 2.41. The lowest BCUT2D eigenvalue weighted by atomic mass is 10.2. The van der Waals surface area contributed by atoms with Crippen LogP contribution < -0.4 is 0 Å². The molecule has 0 aliphatic carbocycles. The molecule has 2 atom stereocenters. The predicted octanol–water partition coefficient (Wildman–Crippen LogP) is -0.158. The van der Waals surface area contributed by atoms with Crippen molar-refractivity contribution >= 4 is 0 Å². The van der Waals surface area contributed by atoms with E-state index >= 15 is 0 Å². The van der Waals surface area contributed by atoms with Gasteiger partial charge < -0.3 is 14.6 Å². The Balaban J connectivity index is 2.04. The van der Waals surface area contributed by atoms with Gasteiger partial charge in [-0.2, -0.15) is 0 Å². The average Bonchev–Trinajstić information content (AvgIpc) is 2.39. The van der Waals surface area contributed by atoms with Gasteiger partial charge in [0.25, 0.3) is 0 Å². The molecule has 0 aromatic heterocycles. The SMILES string of the molecule is OC12OCCCC1O2. The summed E-state index contributed by atoms with van der Waals surface area (Å²) in [7, 11) is 0. The fraction of sp³-hybridized carbons (Fsp3) is 1.00. The van der Waals surface area contributed by atoms with Gasteiger partial charge in [0.05, 0.1) is 6.61 Å². The van der Waals surface area contributed by atoms with Crippen molar-refractivity contribution in [3.63, 3.8) is 0 Å². The van der Waals surface area contributed by atoms with Crippen LogP contribution >= 0.6 is 0 Å². The topological polar surface area (TPSA) is 42.0 Å². The Morgan fingerprint density at radius 3 is 3.00 bits per heavy atom. The van der Waals surface area contributed by atoms with Crippen LogP contribution in [0.3, 0.4) is 0 Å². The fourth-order valence-electron chi connectivity index (χ4n) is 1.03. The molecule has 3 nitrogen and oxygen atoms in total. The summed E-state index contributed by atoms with van der Waals surface area (Å²) in [4.78, 5) is 0. The van der Waals surface area contributed by atoms with E-state index in [1.807, 2.05) is 0 Å². The summed E-state index contributed by atoms with van der Waals surface area (Å²) in [6.07, 6.45) is 1.93. The summed E-state index contributed by atoms with van der Waals surface area (Å²) in [6.45, 7) is 0.632. The molecule has 3 heteroatoms. The van der Waals surface area contributed by atoms with Gasteiger partial charge in [-0.25, -0.2) is 0 Å². The molecule has 0 amide bonds. The molecule has 8 heavy (non-hydrogen) atoms. The molecule has 1 N–H and O–H groups in total. The van der Waals surface area contributed by atoms with Crippen LogP contribution in [0.5, 0.6) is 0 Å². The summed E-state index contributed by atoms with van der Waals surface area (Å²) in [5.74, 6) is -1.15. The lowest BCUT2D eigenvalue weighted by Crippen LogP contribution is -2.23. The van der Waals surface area contributed by atoms with E-state index in [0.29, 0.717) is 6.61 Å². The third kappa shape index (κ3) is 0.491. The maximum Gasteiger partial charge on any atom is 0.309 e. The van der Waals surface area contributed by atoms with Crippen LogP contribution in [0.1, 0.15) is 12.8 Å². The highest BCUT2D eigenvalue weighted by atomic mass is 16.9. The smallest absolute Gasteiger partial charge is 0.309 e. The van der Waals surface area contributed by atoms with E-state index in [9.17, 15) is 0 Å². The molecule has 0 spiro atoms. The standard InChI is InChI=1S/C5H8O3/c6-5-4(8-5)2-1-3-7-5/h4,6H,1-3H2. The van der Waals surface area contributed by atoms with Crippen molar-refractivity contribution in [1.29, 1.82) is 0 Å². The van der Waals surface area contributed by atoms with Crippen molar-refractivity contribution < 1.29 is 14.6 Å². The zero-order valence-electron chi connectivity index (χ0n) is 4.46. The first-order valence-corrected chi connectivity index (χ1v) is 2.85. The van der Waals surface area contributed by atoms with Crippen molar-refractivity contribution in [2.45, 2.75) is 24.9 Å². The lowest BCUT2D eigenvalue weighted by molar-refractivity contribution is -0.198. The summed E-state index contributed by atoms with van der Waals surface area (Å²) in [5.41, 5.74) is 0. The minimum Gasteiger partial charge on any atom is -0.341 e. The number of ether oxygens (including phenoxy) is 2. The summed E-state index contributed by atoms with van der Waals surface area (Å²) in [5, 5.41) is 9.00. The molecule has 46 valence electrons. The third-order valence-electron chi connectivity index (χ3n) is 1.58. The highest BCUT2D eigenvalue weighted by molar-refractivity contribution is 4.87. The molecule has 2 saturated heterocycles. The van der Waals surface area contributed by atoms with E-state index in [1.54, 1.807) is 0 Å². The van der Waals surface area contributed by atoms with Gasteiger partial charge in [-0.3, -0.25) is 0 Å². The number of epoxide rings is 1. The maximum absolute atomic E-state index is 9.00. The number of aliphatic hydroxyl groups is 1. The second-order valence-electron chi connectivity index (χ2n) is 2.23. The van der Waals surface area contributed by atoms with Crippen molar-refractivity contribution in [2.24, 2.45) is 0 Å². The molecule has 0 saturated carbocycles. The minimum atomic E-state index is -1.15. The first-order chi connectivity index (χ1) is 3.81. The molecule has 2 rings (SSSR count). The van der Waals surface area contributed by atoms with E-state index in [0.717, 1.165) is 12.8 Å². The van der Waals surface area contributed by atoms with Crippen LogP contribution in [0.4, 0.5) is 0 Å². The second kappa shape index (κ2) is 1.23. The Morgan fingerprint density at radius 2 is 2.50 bits per heavy atom. The van der Waals surface area contributed by atoms with Gasteiger partial charge in [0.1, 0.15) is 6.10 Å². The first kappa shape index (κ1) is 4.73. The van der Waals surface area contributed by atoms with Crippen molar-refractivity contribution in [2.75, 3.05) is 6.61 Å².